The van der Waals surface area contributed by atoms with Crippen molar-refractivity contribution in [2.24, 2.45) is 0 Å². The second-order valence-electron chi connectivity index (χ2n) is 6.04. The first-order valence-corrected chi connectivity index (χ1v) is 10.7. The zero-order valence-electron chi connectivity index (χ0n) is 14.1. The molecule has 0 unspecified atom stereocenters. The van der Waals surface area contributed by atoms with Crippen LogP contribution in [0, 0.1) is 0 Å². The Morgan fingerprint density at radius 1 is 1.26 bits per heavy atom. The molecule has 1 aliphatic heterocycles. The highest BCUT2D eigenvalue weighted by Gasteiger charge is 2.34. The lowest BCUT2D eigenvalue weighted by atomic mass is 10.2. The van der Waals surface area contributed by atoms with E-state index >= 15 is 0 Å². The van der Waals surface area contributed by atoms with Gasteiger partial charge in [0.15, 0.2) is 0 Å². The smallest absolute Gasteiger partial charge is 0.371 e. The molecule has 0 saturated heterocycles. The summed E-state index contributed by atoms with van der Waals surface area (Å²) >= 11 is 8.84. The van der Waals surface area contributed by atoms with Crippen molar-refractivity contribution < 1.29 is 21.6 Å². The molecule has 146 valence electrons. The summed E-state index contributed by atoms with van der Waals surface area (Å²) in [5.74, 6) is 0. The van der Waals surface area contributed by atoms with Gasteiger partial charge in [-0.2, -0.15) is 13.2 Å². The molecule has 0 bridgehead atoms. The van der Waals surface area contributed by atoms with Gasteiger partial charge in [0.25, 0.3) is 10.0 Å². The molecule has 1 aliphatic rings. The lowest BCUT2D eigenvalue weighted by Crippen LogP contribution is -2.20. The molecule has 4 nitrogen and oxygen atoms in total. The molecule has 0 atom stereocenters. The molecule has 1 N–H and O–H groups in total. The minimum atomic E-state index is -4.69. The van der Waals surface area contributed by atoms with E-state index in [1.807, 2.05) is 11.8 Å². The summed E-state index contributed by atoms with van der Waals surface area (Å²) in [5.41, 5.74) is 0.516. The maximum absolute atomic E-state index is 13.0. The van der Waals surface area contributed by atoms with E-state index in [0.717, 1.165) is 36.8 Å². The molecule has 1 heterocycles. The standard InChI is InChI=1S/C17H15BrClF3N2O2S/c1-2-24-6-5-10-7-13(18)16(9-15(10)24)27(25,26)23-11-3-4-14(19)12(8-11)17(20,21)22/h3-4,7-9,23H,2,5-6H2,1H3. The molecular formula is C17H15BrClF3N2O2S. The number of fused-ring (bicyclic) bond motifs is 1. The normalized spacial score (nSPS) is 14.4. The maximum atomic E-state index is 13.0. The fourth-order valence-electron chi connectivity index (χ4n) is 3.00. The molecular weight excluding hydrogens is 469 g/mol. The SMILES string of the molecule is CCN1CCc2cc(Br)c(S(=O)(=O)Nc3ccc(Cl)c(C(F)(F)F)c3)cc21. The van der Waals surface area contributed by atoms with Gasteiger partial charge in [-0.15, -0.1) is 0 Å². The van der Waals surface area contributed by atoms with Crippen LogP contribution in [0.25, 0.3) is 0 Å². The number of halogens is 5. The zero-order chi connectivity index (χ0) is 20.0. The first kappa shape index (κ1) is 20.3. The van der Waals surface area contributed by atoms with Crippen LogP contribution in [0.4, 0.5) is 24.5 Å². The molecule has 3 rings (SSSR count). The van der Waals surface area contributed by atoms with Gasteiger partial charge in [0.1, 0.15) is 4.90 Å². The van der Waals surface area contributed by atoms with Crippen LogP contribution in [0.15, 0.2) is 39.7 Å². The Morgan fingerprint density at radius 2 is 1.96 bits per heavy atom. The molecule has 0 amide bonds. The lowest BCUT2D eigenvalue weighted by Gasteiger charge is -2.18. The third-order valence-electron chi connectivity index (χ3n) is 4.32. The third-order valence-corrected chi connectivity index (χ3v) is 6.99. The highest BCUT2D eigenvalue weighted by Crippen LogP contribution is 2.38. The maximum Gasteiger partial charge on any atom is 0.417 e. The fourth-order valence-corrected chi connectivity index (χ4v) is 5.39. The molecule has 0 spiro atoms. The average molecular weight is 484 g/mol. The molecule has 27 heavy (non-hydrogen) atoms. The van der Waals surface area contributed by atoms with E-state index in [1.165, 1.54) is 6.07 Å². The topological polar surface area (TPSA) is 49.4 Å². The van der Waals surface area contributed by atoms with Crippen LogP contribution >= 0.6 is 27.5 Å². The first-order valence-electron chi connectivity index (χ1n) is 8.00. The number of benzene rings is 2. The Morgan fingerprint density at radius 3 is 2.59 bits per heavy atom. The molecule has 0 saturated carbocycles. The van der Waals surface area contributed by atoms with E-state index in [1.54, 1.807) is 12.1 Å². The largest absolute Gasteiger partial charge is 0.417 e. The number of anilines is 2. The number of sulfonamides is 1. The van der Waals surface area contributed by atoms with Gasteiger partial charge in [-0.1, -0.05) is 11.6 Å². The van der Waals surface area contributed by atoms with E-state index in [0.29, 0.717) is 10.5 Å². The Hall–Kier alpha value is -1.45. The van der Waals surface area contributed by atoms with Crippen LogP contribution in [0.3, 0.4) is 0 Å². The van der Waals surface area contributed by atoms with Crippen molar-refractivity contribution in [2.45, 2.75) is 24.4 Å². The summed E-state index contributed by atoms with van der Waals surface area (Å²) in [5, 5.41) is -0.497. The van der Waals surface area contributed by atoms with Gasteiger partial charge in [0, 0.05) is 28.9 Å². The van der Waals surface area contributed by atoms with Gasteiger partial charge in [-0.3, -0.25) is 4.72 Å². The number of hydrogen-bond acceptors (Lipinski definition) is 3. The Labute approximate surface area is 168 Å². The first-order chi connectivity index (χ1) is 12.5. The van der Waals surface area contributed by atoms with Crippen molar-refractivity contribution in [1.29, 1.82) is 0 Å². The summed E-state index contributed by atoms with van der Waals surface area (Å²) in [4.78, 5) is 2.01. The zero-order valence-corrected chi connectivity index (χ0v) is 17.2. The van der Waals surface area contributed by atoms with Crippen LogP contribution in [-0.2, 0) is 22.6 Å². The average Bonchev–Trinajstić information content (AvgIpc) is 2.96. The number of rotatable bonds is 4. The van der Waals surface area contributed by atoms with Crippen molar-refractivity contribution in [3.05, 3.63) is 51.0 Å². The second kappa shape index (κ2) is 7.18. The number of hydrogen-bond donors (Lipinski definition) is 1. The van der Waals surface area contributed by atoms with Crippen LogP contribution in [-0.4, -0.2) is 21.5 Å². The van der Waals surface area contributed by atoms with Crippen molar-refractivity contribution in [1.82, 2.24) is 0 Å². The minimum Gasteiger partial charge on any atom is -0.371 e. The van der Waals surface area contributed by atoms with Crippen molar-refractivity contribution in [3.63, 3.8) is 0 Å². The molecule has 10 heteroatoms. The molecule has 0 fully saturated rings. The van der Waals surface area contributed by atoms with E-state index in [9.17, 15) is 21.6 Å². The summed E-state index contributed by atoms with van der Waals surface area (Å²) in [6, 6.07) is 6.16. The summed E-state index contributed by atoms with van der Waals surface area (Å²) < 4.78 is 67.2. The van der Waals surface area contributed by atoms with Gasteiger partial charge in [0.05, 0.1) is 10.6 Å². The predicted molar refractivity (Wildman–Crippen MR) is 103 cm³/mol. The Balaban J connectivity index is 1.99. The summed E-state index contributed by atoms with van der Waals surface area (Å²) in [7, 11) is -4.11. The predicted octanol–water partition coefficient (Wildman–Crippen LogP) is 5.30. The number of likely N-dealkylation sites (N-methyl/N-ethyl adjacent to an activating group) is 1. The van der Waals surface area contributed by atoms with Gasteiger partial charge in [-0.25, -0.2) is 8.42 Å². The van der Waals surface area contributed by atoms with E-state index in [2.05, 4.69) is 20.7 Å². The van der Waals surface area contributed by atoms with Crippen molar-refractivity contribution in [3.8, 4) is 0 Å². The van der Waals surface area contributed by atoms with E-state index in [4.69, 9.17) is 11.6 Å². The highest BCUT2D eigenvalue weighted by molar-refractivity contribution is 9.10. The van der Waals surface area contributed by atoms with Gasteiger partial charge in [-0.05, 0) is 65.2 Å². The molecule has 0 radical (unpaired) electrons. The highest BCUT2D eigenvalue weighted by atomic mass is 79.9. The molecule has 0 aliphatic carbocycles. The van der Waals surface area contributed by atoms with Crippen molar-refractivity contribution >= 4 is 48.9 Å². The quantitative estimate of drug-likeness (QED) is 0.642. The number of alkyl halides is 3. The number of nitrogens with zero attached hydrogens (tertiary/aromatic N) is 1. The Bertz CT molecular complexity index is 996. The Kier molecular flexibility index (Phi) is 5.39. The fraction of sp³-hybridized carbons (Fsp3) is 0.294. The molecule has 2 aromatic rings. The van der Waals surface area contributed by atoms with Crippen LogP contribution < -0.4 is 9.62 Å². The van der Waals surface area contributed by atoms with Crippen LogP contribution in [0.2, 0.25) is 5.02 Å². The monoisotopic (exact) mass is 482 g/mol. The van der Waals surface area contributed by atoms with Crippen molar-refractivity contribution in [2.75, 3.05) is 22.7 Å². The van der Waals surface area contributed by atoms with Crippen LogP contribution in [0.1, 0.15) is 18.1 Å². The van der Waals surface area contributed by atoms with Gasteiger partial charge < -0.3 is 4.90 Å². The second-order valence-corrected chi connectivity index (χ2v) is 8.95. The van der Waals surface area contributed by atoms with Gasteiger partial charge >= 0.3 is 6.18 Å². The molecule has 2 aromatic carbocycles. The third kappa shape index (κ3) is 4.05. The summed E-state index contributed by atoms with van der Waals surface area (Å²) in [6.45, 7) is 3.49. The van der Waals surface area contributed by atoms with E-state index in [-0.39, 0.29) is 10.6 Å². The minimum absolute atomic E-state index is 0.0369. The van der Waals surface area contributed by atoms with Crippen LogP contribution in [0.5, 0.6) is 0 Å². The number of nitrogens with one attached hydrogen (secondary N) is 1. The summed E-state index contributed by atoms with van der Waals surface area (Å²) in [6.07, 6.45) is -3.88. The molecule has 0 aromatic heterocycles. The van der Waals surface area contributed by atoms with Gasteiger partial charge in [0.2, 0.25) is 0 Å². The van der Waals surface area contributed by atoms with E-state index < -0.39 is 26.8 Å². The lowest BCUT2D eigenvalue weighted by molar-refractivity contribution is -0.137.